The fourth-order valence-corrected chi connectivity index (χ4v) is 2.09. The molecule has 1 aliphatic rings. The number of alkyl halides is 1. The van der Waals surface area contributed by atoms with Crippen molar-refractivity contribution in [2.75, 3.05) is 6.54 Å². The van der Waals surface area contributed by atoms with E-state index >= 15 is 0 Å². The standard InChI is InChI=1S/C13H18FN/c14-13(7-1-8-13)10-12-4-2-11(3-5-12)6-9-15/h2-5H,1,6-10,15H2. The van der Waals surface area contributed by atoms with Gasteiger partial charge in [-0.25, -0.2) is 4.39 Å². The summed E-state index contributed by atoms with van der Waals surface area (Å²) in [6.45, 7) is 0.673. The maximum absolute atomic E-state index is 13.8. The molecule has 15 heavy (non-hydrogen) atoms. The van der Waals surface area contributed by atoms with Crippen molar-refractivity contribution in [2.45, 2.75) is 37.8 Å². The zero-order chi connectivity index (χ0) is 10.7. The van der Waals surface area contributed by atoms with E-state index in [1.165, 1.54) is 5.56 Å². The summed E-state index contributed by atoms with van der Waals surface area (Å²) < 4.78 is 13.8. The van der Waals surface area contributed by atoms with Crippen LogP contribution in [0.15, 0.2) is 24.3 Å². The molecule has 1 aliphatic carbocycles. The summed E-state index contributed by atoms with van der Waals surface area (Å²) in [7, 11) is 0. The second-order valence-electron chi connectivity index (χ2n) is 4.54. The van der Waals surface area contributed by atoms with Gasteiger partial charge in [0.2, 0.25) is 0 Å². The van der Waals surface area contributed by atoms with Crippen molar-refractivity contribution in [1.29, 1.82) is 0 Å². The quantitative estimate of drug-likeness (QED) is 0.807. The molecular formula is C13H18FN. The van der Waals surface area contributed by atoms with Gasteiger partial charge in [-0.1, -0.05) is 24.3 Å². The Labute approximate surface area is 90.5 Å². The molecule has 0 aromatic heterocycles. The van der Waals surface area contributed by atoms with Crippen LogP contribution >= 0.6 is 0 Å². The van der Waals surface area contributed by atoms with Crippen LogP contribution in [0.5, 0.6) is 0 Å². The highest BCUT2D eigenvalue weighted by molar-refractivity contribution is 5.24. The summed E-state index contributed by atoms with van der Waals surface area (Å²) in [5.74, 6) is 0. The first-order valence-electron chi connectivity index (χ1n) is 5.69. The first-order valence-corrected chi connectivity index (χ1v) is 5.69. The molecule has 2 heteroatoms. The molecule has 1 nitrogen and oxygen atoms in total. The summed E-state index contributed by atoms with van der Waals surface area (Å²) in [4.78, 5) is 0. The van der Waals surface area contributed by atoms with Crippen LogP contribution in [0.2, 0.25) is 0 Å². The first-order chi connectivity index (χ1) is 7.22. The summed E-state index contributed by atoms with van der Waals surface area (Å²) >= 11 is 0. The average molecular weight is 207 g/mol. The normalized spacial score (nSPS) is 18.5. The minimum absolute atomic E-state index is 0.579. The van der Waals surface area contributed by atoms with Gasteiger partial charge in [-0.05, 0) is 43.4 Å². The van der Waals surface area contributed by atoms with E-state index in [2.05, 4.69) is 12.1 Å². The average Bonchev–Trinajstić information content (AvgIpc) is 2.19. The van der Waals surface area contributed by atoms with E-state index in [0.29, 0.717) is 13.0 Å². The van der Waals surface area contributed by atoms with Crippen LogP contribution in [0.4, 0.5) is 4.39 Å². The minimum Gasteiger partial charge on any atom is -0.330 e. The Balaban J connectivity index is 1.97. The van der Waals surface area contributed by atoms with Crippen LogP contribution in [-0.2, 0) is 12.8 Å². The summed E-state index contributed by atoms with van der Waals surface area (Å²) in [5, 5.41) is 0. The van der Waals surface area contributed by atoms with Gasteiger partial charge in [0.15, 0.2) is 0 Å². The molecule has 0 heterocycles. The smallest absolute Gasteiger partial charge is 0.115 e. The number of rotatable bonds is 4. The first kappa shape index (κ1) is 10.6. The second kappa shape index (κ2) is 4.31. The highest BCUT2D eigenvalue weighted by atomic mass is 19.1. The predicted octanol–water partition coefficient (Wildman–Crippen LogP) is 2.62. The molecule has 82 valence electrons. The molecule has 0 spiro atoms. The van der Waals surface area contributed by atoms with E-state index in [1.54, 1.807) is 0 Å². The third-order valence-corrected chi connectivity index (χ3v) is 3.23. The second-order valence-corrected chi connectivity index (χ2v) is 4.54. The molecule has 1 aromatic rings. The summed E-state index contributed by atoms with van der Waals surface area (Å²) in [6.07, 6.45) is 3.99. The van der Waals surface area contributed by atoms with E-state index in [4.69, 9.17) is 5.73 Å². The Morgan fingerprint density at radius 1 is 1.13 bits per heavy atom. The maximum atomic E-state index is 13.8. The lowest BCUT2D eigenvalue weighted by atomic mass is 9.78. The molecule has 0 unspecified atom stereocenters. The minimum atomic E-state index is -0.907. The fraction of sp³-hybridized carbons (Fsp3) is 0.538. The Hall–Kier alpha value is -0.890. The number of benzene rings is 1. The van der Waals surface area contributed by atoms with Crippen LogP contribution < -0.4 is 5.73 Å². The van der Waals surface area contributed by atoms with Gasteiger partial charge in [0.05, 0.1) is 0 Å². The lowest BCUT2D eigenvalue weighted by molar-refractivity contribution is 0.0641. The summed E-state index contributed by atoms with van der Waals surface area (Å²) in [5.41, 5.74) is 6.91. The molecular weight excluding hydrogens is 189 g/mol. The van der Waals surface area contributed by atoms with Gasteiger partial charge in [-0.15, -0.1) is 0 Å². The third-order valence-electron chi connectivity index (χ3n) is 3.23. The molecule has 0 saturated heterocycles. The van der Waals surface area contributed by atoms with Crippen LogP contribution in [0.25, 0.3) is 0 Å². The number of halogens is 1. The summed E-state index contributed by atoms with van der Waals surface area (Å²) in [6, 6.07) is 8.18. The molecule has 1 fully saturated rings. The van der Waals surface area contributed by atoms with Gasteiger partial charge in [-0.2, -0.15) is 0 Å². The molecule has 1 aromatic carbocycles. The zero-order valence-corrected chi connectivity index (χ0v) is 9.01. The van der Waals surface area contributed by atoms with Crippen molar-refractivity contribution in [2.24, 2.45) is 5.73 Å². The Morgan fingerprint density at radius 2 is 1.73 bits per heavy atom. The van der Waals surface area contributed by atoms with E-state index < -0.39 is 5.67 Å². The SMILES string of the molecule is NCCc1ccc(CC2(F)CCC2)cc1. The van der Waals surface area contributed by atoms with E-state index in [9.17, 15) is 4.39 Å². The van der Waals surface area contributed by atoms with Gasteiger partial charge in [0.1, 0.15) is 5.67 Å². The van der Waals surface area contributed by atoms with Crippen molar-refractivity contribution in [3.05, 3.63) is 35.4 Å². The Kier molecular flexibility index (Phi) is 3.06. The van der Waals surface area contributed by atoms with Gasteiger partial charge < -0.3 is 5.73 Å². The topological polar surface area (TPSA) is 26.0 Å². The molecule has 0 aliphatic heterocycles. The molecule has 0 atom stereocenters. The lowest BCUT2D eigenvalue weighted by Gasteiger charge is -2.33. The molecule has 1 saturated carbocycles. The van der Waals surface area contributed by atoms with Crippen molar-refractivity contribution in [1.82, 2.24) is 0 Å². The molecule has 0 radical (unpaired) electrons. The van der Waals surface area contributed by atoms with Crippen molar-refractivity contribution >= 4 is 0 Å². The lowest BCUT2D eigenvalue weighted by Crippen LogP contribution is -2.33. The maximum Gasteiger partial charge on any atom is 0.115 e. The Bertz CT molecular complexity index is 314. The van der Waals surface area contributed by atoms with Crippen molar-refractivity contribution in [3.63, 3.8) is 0 Å². The molecule has 0 bridgehead atoms. The third kappa shape index (κ3) is 2.57. The van der Waals surface area contributed by atoms with E-state index in [0.717, 1.165) is 31.2 Å². The Morgan fingerprint density at radius 3 is 2.20 bits per heavy atom. The highest BCUT2D eigenvalue weighted by Gasteiger charge is 2.36. The van der Waals surface area contributed by atoms with Crippen LogP contribution in [-0.4, -0.2) is 12.2 Å². The van der Waals surface area contributed by atoms with E-state index in [-0.39, 0.29) is 0 Å². The van der Waals surface area contributed by atoms with Crippen LogP contribution in [0, 0.1) is 0 Å². The number of nitrogens with two attached hydrogens (primary N) is 1. The van der Waals surface area contributed by atoms with Gasteiger partial charge in [0.25, 0.3) is 0 Å². The monoisotopic (exact) mass is 207 g/mol. The largest absolute Gasteiger partial charge is 0.330 e. The predicted molar refractivity (Wildman–Crippen MR) is 60.6 cm³/mol. The van der Waals surface area contributed by atoms with Crippen molar-refractivity contribution in [3.8, 4) is 0 Å². The van der Waals surface area contributed by atoms with Crippen molar-refractivity contribution < 1.29 is 4.39 Å². The molecule has 2 rings (SSSR count). The number of hydrogen-bond donors (Lipinski definition) is 1. The van der Waals surface area contributed by atoms with E-state index in [1.807, 2.05) is 12.1 Å². The highest BCUT2D eigenvalue weighted by Crippen LogP contribution is 2.38. The fourth-order valence-electron chi connectivity index (χ4n) is 2.09. The van der Waals surface area contributed by atoms with Gasteiger partial charge in [0, 0.05) is 6.42 Å². The van der Waals surface area contributed by atoms with Crippen LogP contribution in [0.3, 0.4) is 0 Å². The van der Waals surface area contributed by atoms with Crippen LogP contribution in [0.1, 0.15) is 30.4 Å². The molecule has 2 N–H and O–H groups in total. The van der Waals surface area contributed by atoms with Gasteiger partial charge >= 0.3 is 0 Å². The molecule has 0 amide bonds. The zero-order valence-electron chi connectivity index (χ0n) is 9.01. The van der Waals surface area contributed by atoms with Gasteiger partial charge in [-0.3, -0.25) is 0 Å². The number of hydrogen-bond acceptors (Lipinski definition) is 1.